The van der Waals surface area contributed by atoms with Crippen LogP contribution in [0.3, 0.4) is 0 Å². The highest BCUT2D eigenvalue weighted by Gasteiger charge is 2.08. The number of amides is 1. The van der Waals surface area contributed by atoms with Gasteiger partial charge < -0.3 is 5.32 Å². The third kappa shape index (κ3) is 2.92. The third-order valence-electron chi connectivity index (χ3n) is 2.63. The van der Waals surface area contributed by atoms with Gasteiger partial charge in [-0.3, -0.25) is 4.79 Å². The van der Waals surface area contributed by atoms with Crippen molar-refractivity contribution in [2.24, 2.45) is 0 Å². The molecule has 0 spiro atoms. The largest absolute Gasteiger partial charge is 0.347 e. The maximum absolute atomic E-state index is 12.9. The predicted octanol–water partition coefficient (Wildman–Crippen LogP) is 2.83. The standard InChI is InChI=1S/C13H13FN2OS/c1-8-5-11(18-9(8)2)7-16-13(17)10-3-4-15-12(14)6-10/h3-6H,7H2,1-2H3,(H,16,17). The zero-order valence-electron chi connectivity index (χ0n) is 10.2. The minimum absolute atomic E-state index is 0.285. The molecule has 0 saturated heterocycles. The summed E-state index contributed by atoms with van der Waals surface area (Å²) in [5, 5.41) is 2.76. The second-order valence-electron chi connectivity index (χ2n) is 4.00. The number of nitrogens with one attached hydrogen (secondary N) is 1. The summed E-state index contributed by atoms with van der Waals surface area (Å²) in [7, 11) is 0. The minimum Gasteiger partial charge on any atom is -0.347 e. The second kappa shape index (κ2) is 5.27. The van der Waals surface area contributed by atoms with E-state index in [1.165, 1.54) is 22.7 Å². The van der Waals surface area contributed by atoms with E-state index in [0.29, 0.717) is 6.54 Å². The van der Waals surface area contributed by atoms with Gasteiger partial charge in [-0.25, -0.2) is 4.98 Å². The summed E-state index contributed by atoms with van der Waals surface area (Å²) in [4.78, 5) is 17.5. The lowest BCUT2D eigenvalue weighted by atomic mass is 10.2. The maximum atomic E-state index is 12.9. The van der Waals surface area contributed by atoms with E-state index in [1.807, 2.05) is 19.9 Å². The number of aryl methyl sites for hydroxylation is 2. The van der Waals surface area contributed by atoms with Gasteiger partial charge >= 0.3 is 0 Å². The topological polar surface area (TPSA) is 42.0 Å². The predicted molar refractivity (Wildman–Crippen MR) is 69.2 cm³/mol. The van der Waals surface area contributed by atoms with E-state index in [2.05, 4.69) is 10.3 Å². The van der Waals surface area contributed by atoms with Crippen LogP contribution >= 0.6 is 11.3 Å². The van der Waals surface area contributed by atoms with Crippen molar-refractivity contribution in [3.63, 3.8) is 0 Å². The number of thiophene rings is 1. The SMILES string of the molecule is Cc1cc(CNC(=O)c2ccnc(F)c2)sc1C. The van der Waals surface area contributed by atoms with Crippen molar-refractivity contribution in [1.82, 2.24) is 10.3 Å². The average Bonchev–Trinajstić information content (AvgIpc) is 2.66. The highest BCUT2D eigenvalue weighted by Crippen LogP contribution is 2.20. The number of carbonyl (C=O) groups is 1. The Kier molecular flexibility index (Phi) is 3.72. The lowest BCUT2D eigenvalue weighted by Crippen LogP contribution is -2.22. The van der Waals surface area contributed by atoms with Crippen LogP contribution in [0, 0.1) is 19.8 Å². The smallest absolute Gasteiger partial charge is 0.251 e. The zero-order valence-corrected chi connectivity index (χ0v) is 11.0. The van der Waals surface area contributed by atoms with E-state index in [0.717, 1.165) is 10.9 Å². The molecule has 94 valence electrons. The van der Waals surface area contributed by atoms with Crippen molar-refractivity contribution < 1.29 is 9.18 Å². The van der Waals surface area contributed by atoms with Gasteiger partial charge in [0.25, 0.3) is 5.91 Å². The molecule has 0 aromatic carbocycles. The number of carbonyl (C=O) groups excluding carboxylic acids is 1. The summed E-state index contributed by atoms with van der Waals surface area (Å²) in [6, 6.07) is 4.66. The van der Waals surface area contributed by atoms with Crippen LogP contribution < -0.4 is 5.32 Å². The van der Waals surface area contributed by atoms with Crippen molar-refractivity contribution in [2.75, 3.05) is 0 Å². The van der Waals surface area contributed by atoms with Crippen LogP contribution in [0.2, 0.25) is 0 Å². The fraction of sp³-hybridized carbons (Fsp3) is 0.231. The number of nitrogens with zero attached hydrogens (tertiary/aromatic N) is 1. The Morgan fingerprint density at radius 2 is 2.22 bits per heavy atom. The normalized spacial score (nSPS) is 10.4. The molecule has 0 radical (unpaired) electrons. The number of pyridine rings is 1. The Bertz CT molecular complexity index is 561. The maximum Gasteiger partial charge on any atom is 0.251 e. The van der Waals surface area contributed by atoms with Crippen molar-refractivity contribution in [2.45, 2.75) is 20.4 Å². The van der Waals surface area contributed by atoms with Crippen LogP contribution in [-0.2, 0) is 6.54 Å². The van der Waals surface area contributed by atoms with Gasteiger partial charge in [0.2, 0.25) is 5.95 Å². The molecule has 1 amide bonds. The molecule has 0 aliphatic carbocycles. The van der Waals surface area contributed by atoms with Gasteiger partial charge in [-0.2, -0.15) is 4.39 Å². The molecule has 5 heteroatoms. The number of hydrogen-bond donors (Lipinski definition) is 1. The highest BCUT2D eigenvalue weighted by atomic mass is 32.1. The van der Waals surface area contributed by atoms with E-state index in [9.17, 15) is 9.18 Å². The van der Waals surface area contributed by atoms with Gasteiger partial charge in [0, 0.05) is 27.6 Å². The van der Waals surface area contributed by atoms with E-state index < -0.39 is 5.95 Å². The van der Waals surface area contributed by atoms with Crippen LogP contribution in [0.1, 0.15) is 25.7 Å². The Morgan fingerprint density at radius 1 is 1.44 bits per heavy atom. The van der Waals surface area contributed by atoms with Crippen molar-refractivity contribution >= 4 is 17.2 Å². The zero-order chi connectivity index (χ0) is 13.1. The number of rotatable bonds is 3. The monoisotopic (exact) mass is 264 g/mol. The van der Waals surface area contributed by atoms with Gasteiger partial charge in [-0.1, -0.05) is 0 Å². The Morgan fingerprint density at radius 3 is 2.83 bits per heavy atom. The van der Waals surface area contributed by atoms with Crippen molar-refractivity contribution in [1.29, 1.82) is 0 Å². The first-order valence-electron chi connectivity index (χ1n) is 5.52. The van der Waals surface area contributed by atoms with Gasteiger partial charge in [-0.05, 0) is 31.5 Å². The van der Waals surface area contributed by atoms with Crippen LogP contribution in [0.25, 0.3) is 0 Å². The fourth-order valence-electron chi connectivity index (χ4n) is 1.55. The summed E-state index contributed by atoms with van der Waals surface area (Å²) >= 11 is 1.65. The molecule has 2 heterocycles. The molecule has 0 atom stereocenters. The highest BCUT2D eigenvalue weighted by molar-refractivity contribution is 7.12. The molecule has 0 unspecified atom stereocenters. The third-order valence-corrected chi connectivity index (χ3v) is 3.78. The molecule has 0 bridgehead atoms. The molecular weight excluding hydrogens is 251 g/mol. The van der Waals surface area contributed by atoms with Crippen molar-refractivity contribution in [3.8, 4) is 0 Å². The van der Waals surface area contributed by atoms with E-state index >= 15 is 0 Å². The molecule has 18 heavy (non-hydrogen) atoms. The number of aromatic nitrogens is 1. The van der Waals surface area contributed by atoms with Crippen LogP contribution in [-0.4, -0.2) is 10.9 Å². The van der Waals surface area contributed by atoms with Crippen molar-refractivity contribution in [3.05, 3.63) is 51.2 Å². The Balaban J connectivity index is 2.00. The van der Waals surface area contributed by atoms with Crippen LogP contribution in [0.4, 0.5) is 4.39 Å². The molecule has 2 aromatic rings. The summed E-state index contributed by atoms with van der Waals surface area (Å²) in [5.41, 5.74) is 1.51. The minimum atomic E-state index is -0.648. The molecule has 1 N–H and O–H groups in total. The average molecular weight is 264 g/mol. The van der Waals surface area contributed by atoms with Crippen LogP contribution in [0.15, 0.2) is 24.4 Å². The lowest BCUT2D eigenvalue weighted by Gasteiger charge is -2.03. The summed E-state index contributed by atoms with van der Waals surface area (Å²) in [6.07, 6.45) is 1.28. The summed E-state index contributed by atoms with van der Waals surface area (Å²) < 4.78 is 12.9. The molecular formula is C13H13FN2OS. The first-order valence-corrected chi connectivity index (χ1v) is 6.33. The lowest BCUT2D eigenvalue weighted by molar-refractivity contribution is 0.0950. The molecule has 0 saturated carbocycles. The molecule has 0 aliphatic heterocycles. The summed E-state index contributed by atoms with van der Waals surface area (Å²) in [6.45, 7) is 4.54. The van der Waals surface area contributed by atoms with E-state index in [-0.39, 0.29) is 11.5 Å². The molecule has 3 nitrogen and oxygen atoms in total. The first-order chi connectivity index (χ1) is 8.56. The Hall–Kier alpha value is -1.75. The number of halogens is 1. The van der Waals surface area contributed by atoms with Gasteiger partial charge in [0.05, 0.1) is 6.54 Å². The first kappa shape index (κ1) is 12.7. The van der Waals surface area contributed by atoms with Gasteiger partial charge in [0.1, 0.15) is 0 Å². The quantitative estimate of drug-likeness (QED) is 0.866. The molecule has 0 fully saturated rings. The number of hydrogen-bond acceptors (Lipinski definition) is 3. The summed E-state index contributed by atoms with van der Waals surface area (Å²) in [5.74, 6) is -0.939. The van der Waals surface area contributed by atoms with Gasteiger partial charge in [-0.15, -0.1) is 11.3 Å². The van der Waals surface area contributed by atoms with E-state index in [4.69, 9.17) is 0 Å². The Labute approximate surface area is 109 Å². The van der Waals surface area contributed by atoms with Gasteiger partial charge in [0.15, 0.2) is 0 Å². The molecule has 2 rings (SSSR count). The van der Waals surface area contributed by atoms with Crippen LogP contribution in [0.5, 0.6) is 0 Å². The second-order valence-corrected chi connectivity index (χ2v) is 5.34. The molecule has 0 aliphatic rings. The fourth-order valence-corrected chi connectivity index (χ4v) is 2.54. The molecule has 2 aromatic heterocycles. The van der Waals surface area contributed by atoms with E-state index in [1.54, 1.807) is 11.3 Å².